The van der Waals surface area contributed by atoms with E-state index in [9.17, 15) is 4.79 Å². The van der Waals surface area contributed by atoms with Crippen LogP contribution in [0.25, 0.3) is 0 Å². The van der Waals surface area contributed by atoms with Gasteiger partial charge in [0.1, 0.15) is 0 Å². The van der Waals surface area contributed by atoms with Crippen molar-refractivity contribution >= 4 is 18.5 Å². The van der Waals surface area contributed by atoms with E-state index >= 15 is 0 Å². The van der Waals surface area contributed by atoms with E-state index in [1.807, 2.05) is 52.0 Å². The molecule has 0 atom stereocenters. The summed E-state index contributed by atoms with van der Waals surface area (Å²) >= 11 is 0. The van der Waals surface area contributed by atoms with Crippen molar-refractivity contribution in [2.45, 2.75) is 45.3 Å². The van der Waals surface area contributed by atoms with Gasteiger partial charge in [0.2, 0.25) is 5.91 Å². The third-order valence-corrected chi connectivity index (χ3v) is 3.88. The highest BCUT2D eigenvalue weighted by atomic mass is 16.7. The zero-order valence-electron chi connectivity index (χ0n) is 11.9. The molecular formula is C14H20BNO3. The molecule has 1 aliphatic rings. The summed E-state index contributed by atoms with van der Waals surface area (Å²) in [6.45, 7) is 8.09. The molecule has 1 heterocycles. The van der Waals surface area contributed by atoms with E-state index in [0.717, 1.165) is 11.0 Å². The van der Waals surface area contributed by atoms with Crippen molar-refractivity contribution in [2.24, 2.45) is 5.73 Å². The maximum absolute atomic E-state index is 10.9. The van der Waals surface area contributed by atoms with Gasteiger partial charge in [-0.15, -0.1) is 0 Å². The second kappa shape index (κ2) is 4.65. The number of hydrogen-bond acceptors (Lipinski definition) is 3. The van der Waals surface area contributed by atoms with Crippen LogP contribution in [0, 0.1) is 0 Å². The fourth-order valence-electron chi connectivity index (χ4n) is 1.97. The van der Waals surface area contributed by atoms with E-state index < -0.39 is 0 Å². The fraction of sp³-hybridized carbons (Fsp3) is 0.500. The number of benzene rings is 1. The first kappa shape index (κ1) is 14.1. The van der Waals surface area contributed by atoms with E-state index in [4.69, 9.17) is 15.0 Å². The monoisotopic (exact) mass is 261 g/mol. The minimum absolute atomic E-state index is 0.254. The van der Waals surface area contributed by atoms with Crippen LogP contribution < -0.4 is 11.2 Å². The smallest absolute Gasteiger partial charge is 0.399 e. The van der Waals surface area contributed by atoms with Crippen molar-refractivity contribution < 1.29 is 14.1 Å². The molecule has 0 aromatic heterocycles. The van der Waals surface area contributed by atoms with Crippen LogP contribution in [-0.4, -0.2) is 24.2 Å². The predicted octanol–water partition coefficient (Wildman–Crippen LogP) is 1.01. The zero-order valence-corrected chi connectivity index (χ0v) is 11.9. The molecule has 0 bridgehead atoms. The minimum atomic E-state index is -0.368. The topological polar surface area (TPSA) is 61.5 Å². The van der Waals surface area contributed by atoms with E-state index in [2.05, 4.69) is 0 Å². The molecule has 5 heteroatoms. The largest absolute Gasteiger partial charge is 0.494 e. The van der Waals surface area contributed by atoms with Crippen LogP contribution in [0.1, 0.15) is 33.3 Å². The lowest BCUT2D eigenvalue weighted by molar-refractivity contribution is -0.117. The third-order valence-electron chi connectivity index (χ3n) is 3.88. The number of nitrogens with two attached hydrogens (primary N) is 1. The molecule has 19 heavy (non-hydrogen) atoms. The first-order chi connectivity index (χ1) is 8.71. The quantitative estimate of drug-likeness (QED) is 0.826. The van der Waals surface area contributed by atoms with Gasteiger partial charge in [0.05, 0.1) is 17.6 Å². The first-order valence-electron chi connectivity index (χ1n) is 6.44. The molecule has 0 unspecified atom stereocenters. The lowest BCUT2D eigenvalue weighted by Crippen LogP contribution is -2.41. The first-order valence-corrected chi connectivity index (χ1v) is 6.44. The summed E-state index contributed by atoms with van der Waals surface area (Å²) in [5, 5.41) is 0. The molecule has 1 amide bonds. The van der Waals surface area contributed by atoms with Gasteiger partial charge in [-0.25, -0.2) is 0 Å². The van der Waals surface area contributed by atoms with Crippen molar-refractivity contribution in [3.8, 4) is 0 Å². The van der Waals surface area contributed by atoms with Crippen LogP contribution in [0.15, 0.2) is 24.3 Å². The van der Waals surface area contributed by atoms with Crippen LogP contribution in [0.2, 0.25) is 0 Å². The highest BCUT2D eigenvalue weighted by Gasteiger charge is 2.51. The Kier molecular flexibility index (Phi) is 3.45. The van der Waals surface area contributed by atoms with Crippen LogP contribution in [-0.2, 0) is 20.5 Å². The molecule has 0 radical (unpaired) electrons. The molecule has 102 valence electrons. The Morgan fingerprint density at radius 1 is 1.11 bits per heavy atom. The lowest BCUT2D eigenvalue weighted by atomic mass is 9.79. The average molecular weight is 261 g/mol. The summed E-state index contributed by atoms with van der Waals surface area (Å²) in [6.07, 6.45) is 0.254. The van der Waals surface area contributed by atoms with Crippen LogP contribution in [0.4, 0.5) is 0 Å². The van der Waals surface area contributed by atoms with E-state index in [-0.39, 0.29) is 30.6 Å². The van der Waals surface area contributed by atoms with Gasteiger partial charge in [-0.2, -0.15) is 0 Å². The van der Waals surface area contributed by atoms with Crippen molar-refractivity contribution in [2.75, 3.05) is 0 Å². The molecule has 1 fully saturated rings. The zero-order chi connectivity index (χ0) is 14.3. The Hall–Kier alpha value is -1.33. The van der Waals surface area contributed by atoms with Crippen molar-refractivity contribution in [1.29, 1.82) is 0 Å². The number of carbonyl (C=O) groups excluding carboxylic acids is 1. The molecule has 1 aromatic rings. The van der Waals surface area contributed by atoms with Gasteiger partial charge in [0.15, 0.2) is 0 Å². The molecule has 2 rings (SSSR count). The fourth-order valence-corrected chi connectivity index (χ4v) is 1.97. The summed E-state index contributed by atoms with van der Waals surface area (Å²) in [7, 11) is -0.368. The molecule has 1 saturated heterocycles. The molecule has 2 N–H and O–H groups in total. The second-order valence-electron chi connectivity index (χ2n) is 5.97. The summed E-state index contributed by atoms with van der Waals surface area (Å²) < 4.78 is 11.9. The second-order valence-corrected chi connectivity index (χ2v) is 5.97. The van der Waals surface area contributed by atoms with Crippen LogP contribution in [0.3, 0.4) is 0 Å². The van der Waals surface area contributed by atoms with Gasteiger partial charge in [-0.3, -0.25) is 4.79 Å². The van der Waals surface area contributed by atoms with E-state index in [0.29, 0.717) is 0 Å². The number of amides is 1. The highest BCUT2D eigenvalue weighted by Crippen LogP contribution is 2.36. The predicted molar refractivity (Wildman–Crippen MR) is 75.1 cm³/mol. The number of hydrogen-bond donors (Lipinski definition) is 1. The standard InChI is InChI=1S/C14H20BNO3/c1-13(2)14(3,4)19-15(18-13)11-7-5-10(6-8-11)9-12(16)17/h5-8H,9H2,1-4H3,(H2,16,17). The van der Waals surface area contributed by atoms with Crippen LogP contribution in [0.5, 0.6) is 0 Å². The Labute approximate surface area is 114 Å². The van der Waals surface area contributed by atoms with E-state index in [1.54, 1.807) is 0 Å². The van der Waals surface area contributed by atoms with Gasteiger partial charge in [-0.1, -0.05) is 24.3 Å². The normalized spacial score (nSPS) is 20.5. The molecular weight excluding hydrogens is 241 g/mol. The van der Waals surface area contributed by atoms with Gasteiger partial charge >= 0.3 is 7.12 Å². The van der Waals surface area contributed by atoms with E-state index in [1.165, 1.54) is 0 Å². The Balaban J connectivity index is 2.14. The number of carbonyl (C=O) groups is 1. The van der Waals surface area contributed by atoms with Gasteiger partial charge in [0.25, 0.3) is 0 Å². The van der Waals surface area contributed by atoms with Gasteiger partial charge in [0, 0.05) is 0 Å². The third kappa shape index (κ3) is 2.82. The molecule has 0 spiro atoms. The number of rotatable bonds is 3. The number of primary amides is 1. The Morgan fingerprint density at radius 2 is 1.58 bits per heavy atom. The van der Waals surface area contributed by atoms with Crippen molar-refractivity contribution in [3.63, 3.8) is 0 Å². The molecule has 4 nitrogen and oxygen atoms in total. The molecule has 0 saturated carbocycles. The molecule has 0 aliphatic carbocycles. The lowest BCUT2D eigenvalue weighted by Gasteiger charge is -2.32. The summed E-state index contributed by atoms with van der Waals surface area (Å²) in [4.78, 5) is 10.9. The molecule has 1 aromatic carbocycles. The van der Waals surface area contributed by atoms with Crippen molar-refractivity contribution in [3.05, 3.63) is 29.8 Å². The van der Waals surface area contributed by atoms with Crippen molar-refractivity contribution in [1.82, 2.24) is 0 Å². The summed E-state index contributed by atoms with van der Waals surface area (Å²) in [5.74, 6) is -0.330. The summed E-state index contributed by atoms with van der Waals surface area (Å²) in [5.41, 5.74) is 6.33. The van der Waals surface area contributed by atoms with Crippen LogP contribution >= 0.6 is 0 Å². The minimum Gasteiger partial charge on any atom is -0.399 e. The Morgan fingerprint density at radius 3 is 2.00 bits per heavy atom. The maximum Gasteiger partial charge on any atom is 0.494 e. The SMILES string of the molecule is CC1(C)OB(c2ccc(CC(N)=O)cc2)OC1(C)C. The summed E-state index contributed by atoms with van der Waals surface area (Å²) in [6, 6.07) is 7.59. The highest BCUT2D eigenvalue weighted by molar-refractivity contribution is 6.62. The Bertz CT molecular complexity index is 466. The van der Waals surface area contributed by atoms with Gasteiger partial charge < -0.3 is 15.0 Å². The maximum atomic E-state index is 10.9. The average Bonchev–Trinajstić information content (AvgIpc) is 2.48. The van der Waals surface area contributed by atoms with Gasteiger partial charge in [-0.05, 0) is 38.7 Å². The molecule has 1 aliphatic heterocycles.